The van der Waals surface area contributed by atoms with Crippen LogP contribution in [-0.4, -0.2) is 32.2 Å². The van der Waals surface area contributed by atoms with Crippen molar-refractivity contribution in [3.8, 4) is 0 Å². The van der Waals surface area contributed by atoms with Crippen LogP contribution in [0.1, 0.15) is 11.1 Å². The summed E-state index contributed by atoms with van der Waals surface area (Å²) in [7, 11) is 0. The Kier molecular flexibility index (Phi) is 3.81. The molecule has 1 saturated heterocycles. The van der Waals surface area contributed by atoms with Gasteiger partial charge < -0.3 is 9.80 Å². The summed E-state index contributed by atoms with van der Waals surface area (Å²) in [5.74, 6) is 0. The highest BCUT2D eigenvalue weighted by atomic mass is 35.5. The fourth-order valence-corrected chi connectivity index (χ4v) is 4.17. The summed E-state index contributed by atoms with van der Waals surface area (Å²) in [5.41, 5.74) is 4.40. The molecule has 0 unspecified atom stereocenters. The molecule has 114 valence electrons. The molecule has 0 aromatic heterocycles. The lowest BCUT2D eigenvalue weighted by Gasteiger charge is -2.36. The summed E-state index contributed by atoms with van der Waals surface area (Å²) >= 11 is 6.12. The number of rotatable bonds is 2. The lowest BCUT2D eigenvalue weighted by atomic mass is 10.1. The number of piperazine rings is 1. The summed E-state index contributed by atoms with van der Waals surface area (Å²) in [6.07, 6.45) is 2.51. The molecule has 0 atom stereocenters. The summed E-state index contributed by atoms with van der Waals surface area (Å²) in [6.45, 7) is 4.71. The standard InChI is InChI=1S/C19H21ClN2/c20-17-6-3-7-18(14-17)21-8-10-22(11-9-21)19-12-15-4-1-2-5-16(15)13-19/h1-7,14,19H,8-13H2/p+1. The third kappa shape index (κ3) is 2.73. The predicted octanol–water partition coefficient (Wildman–Crippen LogP) is 2.21. The van der Waals surface area contributed by atoms with Crippen LogP contribution in [0.5, 0.6) is 0 Å². The molecule has 22 heavy (non-hydrogen) atoms. The first kappa shape index (κ1) is 14.1. The van der Waals surface area contributed by atoms with Gasteiger partial charge in [0.25, 0.3) is 0 Å². The maximum atomic E-state index is 6.12. The Labute approximate surface area is 137 Å². The van der Waals surface area contributed by atoms with Crippen molar-refractivity contribution in [2.45, 2.75) is 18.9 Å². The van der Waals surface area contributed by atoms with Crippen molar-refractivity contribution < 1.29 is 4.90 Å². The molecule has 2 aliphatic rings. The van der Waals surface area contributed by atoms with Crippen LogP contribution >= 0.6 is 11.6 Å². The van der Waals surface area contributed by atoms with Gasteiger partial charge in [-0.2, -0.15) is 0 Å². The van der Waals surface area contributed by atoms with E-state index < -0.39 is 0 Å². The van der Waals surface area contributed by atoms with Crippen molar-refractivity contribution >= 4 is 17.3 Å². The second-order valence-corrected chi connectivity index (χ2v) is 6.94. The number of halogens is 1. The molecule has 0 radical (unpaired) electrons. The molecule has 3 heteroatoms. The van der Waals surface area contributed by atoms with Crippen molar-refractivity contribution in [3.05, 3.63) is 64.7 Å². The van der Waals surface area contributed by atoms with Crippen molar-refractivity contribution in [1.82, 2.24) is 0 Å². The van der Waals surface area contributed by atoms with Crippen molar-refractivity contribution in [1.29, 1.82) is 0 Å². The maximum absolute atomic E-state index is 6.12. The zero-order chi connectivity index (χ0) is 14.9. The molecule has 1 heterocycles. The number of anilines is 1. The van der Waals surface area contributed by atoms with E-state index in [4.69, 9.17) is 11.6 Å². The molecule has 2 aromatic rings. The first-order chi connectivity index (χ1) is 10.8. The minimum atomic E-state index is 0.777. The molecule has 2 nitrogen and oxygen atoms in total. The quantitative estimate of drug-likeness (QED) is 0.893. The SMILES string of the molecule is Clc1cccc(N2CC[NH+](C3Cc4ccccc4C3)CC2)c1. The fourth-order valence-electron chi connectivity index (χ4n) is 3.98. The van der Waals surface area contributed by atoms with Crippen LogP contribution in [-0.2, 0) is 12.8 Å². The molecule has 0 amide bonds. The van der Waals surface area contributed by atoms with E-state index in [0.29, 0.717) is 0 Å². The summed E-state index contributed by atoms with van der Waals surface area (Å²) < 4.78 is 0. The molecule has 4 rings (SSSR count). The van der Waals surface area contributed by atoms with Crippen LogP contribution < -0.4 is 9.80 Å². The normalized spacial score (nSPS) is 19.4. The highest BCUT2D eigenvalue weighted by Gasteiger charge is 2.32. The maximum Gasteiger partial charge on any atom is 0.0957 e. The van der Waals surface area contributed by atoms with Gasteiger partial charge in [-0.3, -0.25) is 0 Å². The Hall–Kier alpha value is -1.51. The highest BCUT2D eigenvalue weighted by molar-refractivity contribution is 6.30. The van der Waals surface area contributed by atoms with Gasteiger partial charge in [-0.1, -0.05) is 41.9 Å². The number of nitrogens with zero attached hydrogens (tertiary/aromatic N) is 1. The van der Waals surface area contributed by atoms with E-state index in [9.17, 15) is 0 Å². The Bertz CT molecular complexity index is 637. The van der Waals surface area contributed by atoms with Gasteiger partial charge in [-0.15, -0.1) is 0 Å². The third-order valence-electron chi connectivity index (χ3n) is 5.21. The van der Waals surface area contributed by atoms with Gasteiger partial charge in [0.1, 0.15) is 0 Å². The van der Waals surface area contributed by atoms with E-state index >= 15 is 0 Å². The number of benzene rings is 2. The van der Waals surface area contributed by atoms with E-state index in [1.54, 1.807) is 16.0 Å². The van der Waals surface area contributed by atoms with Gasteiger partial charge in [0.15, 0.2) is 0 Å². The van der Waals surface area contributed by atoms with E-state index in [1.807, 2.05) is 12.1 Å². The number of quaternary nitrogens is 1. The van der Waals surface area contributed by atoms with Crippen molar-refractivity contribution in [2.75, 3.05) is 31.1 Å². The molecule has 1 fully saturated rings. The molecule has 1 aliphatic carbocycles. The van der Waals surface area contributed by atoms with Gasteiger partial charge in [0.05, 0.1) is 32.2 Å². The molecule has 0 bridgehead atoms. The van der Waals surface area contributed by atoms with Gasteiger partial charge in [-0.25, -0.2) is 0 Å². The molecular weight excluding hydrogens is 292 g/mol. The van der Waals surface area contributed by atoms with Crippen LogP contribution in [0, 0.1) is 0 Å². The Morgan fingerprint density at radius 3 is 2.23 bits per heavy atom. The van der Waals surface area contributed by atoms with Gasteiger partial charge in [0, 0.05) is 23.6 Å². The van der Waals surface area contributed by atoms with E-state index in [-0.39, 0.29) is 0 Å². The Morgan fingerprint density at radius 2 is 1.59 bits per heavy atom. The summed E-state index contributed by atoms with van der Waals surface area (Å²) in [4.78, 5) is 4.24. The molecule has 2 aromatic carbocycles. The average molecular weight is 314 g/mol. The fraction of sp³-hybridized carbons (Fsp3) is 0.368. The molecular formula is C19H22ClN2+. The first-order valence-corrected chi connectivity index (χ1v) is 8.59. The predicted molar refractivity (Wildman–Crippen MR) is 92.0 cm³/mol. The Morgan fingerprint density at radius 1 is 0.909 bits per heavy atom. The Balaban J connectivity index is 1.39. The molecule has 0 spiro atoms. The molecule has 1 N–H and O–H groups in total. The number of nitrogens with one attached hydrogen (secondary N) is 1. The second kappa shape index (κ2) is 5.94. The van der Waals surface area contributed by atoms with Crippen LogP contribution in [0.3, 0.4) is 0 Å². The molecule has 1 aliphatic heterocycles. The first-order valence-electron chi connectivity index (χ1n) is 8.21. The lowest BCUT2D eigenvalue weighted by Crippen LogP contribution is -3.18. The van der Waals surface area contributed by atoms with Crippen LogP contribution in [0.4, 0.5) is 5.69 Å². The van der Waals surface area contributed by atoms with E-state index in [2.05, 4.69) is 41.3 Å². The van der Waals surface area contributed by atoms with E-state index in [0.717, 1.165) is 24.2 Å². The summed E-state index contributed by atoms with van der Waals surface area (Å²) in [6, 6.07) is 18.0. The minimum absolute atomic E-state index is 0.777. The number of hydrogen-bond donors (Lipinski definition) is 1. The lowest BCUT2D eigenvalue weighted by molar-refractivity contribution is -0.925. The number of fused-ring (bicyclic) bond motifs is 1. The van der Waals surface area contributed by atoms with Gasteiger partial charge in [0.2, 0.25) is 0 Å². The topological polar surface area (TPSA) is 7.68 Å². The monoisotopic (exact) mass is 313 g/mol. The van der Waals surface area contributed by atoms with E-state index in [1.165, 1.54) is 31.6 Å². The van der Waals surface area contributed by atoms with Crippen LogP contribution in [0.15, 0.2) is 48.5 Å². The zero-order valence-electron chi connectivity index (χ0n) is 12.8. The highest BCUT2D eigenvalue weighted by Crippen LogP contribution is 2.22. The third-order valence-corrected chi connectivity index (χ3v) is 5.44. The zero-order valence-corrected chi connectivity index (χ0v) is 13.5. The van der Waals surface area contributed by atoms with Crippen molar-refractivity contribution in [3.63, 3.8) is 0 Å². The second-order valence-electron chi connectivity index (χ2n) is 6.50. The average Bonchev–Trinajstić information content (AvgIpc) is 2.99. The largest absolute Gasteiger partial charge is 0.360 e. The van der Waals surface area contributed by atoms with Gasteiger partial charge >= 0.3 is 0 Å². The smallest absolute Gasteiger partial charge is 0.0957 e. The van der Waals surface area contributed by atoms with Crippen LogP contribution in [0.25, 0.3) is 0 Å². The minimum Gasteiger partial charge on any atom is -0.360 e. The van der Waals surface area contributed by atoms with Crippen molar-refractivity contribution in [2.24, 2.45) is 0 Å². The molecule has 0 saturated carbocycles. The number of hydrogen-bond acceptors (Lipinski definition) is 1. The summed E-state index contributed by atoms with van der Waals surface area (Å²) in [5, 5.41) is 0.832. The van der Waals surface area contributed by atoms with Gasteiger partial charge in [-0.05, 0) is 29.3 Å². The van der Waals surface area contributed by atoms with Crippen LogP contribution in [0.2, 0.25) is 5.02 Å².